The van der Waals surface area contributed by atoms with Gasteiger partial charge in [0.25, 0.3) is 5.91 Å². The second kappa shape index (κ2) is 6.09. The van der Waals surface area contributed by atoms with Crippen molar-refractivity contribution in [3.05, 3.63) is 38.9 Å². The lowest BCUT2D eigenvalue weighted by Crippen LogP contribution is -2.40. The minimum Gasteiger partial charge on any atom is -0.481 e. The number of para-hydroxylation sites is 1. The molecule has 1 heterocycles. The van der Waals surface area contributed by atoms with Crippen LogP contribution in [-0.2, 0) is 4.79 Å². The highest BCUT2D eigenvalue weighted by molar-refractivity contribution is 6.33. The molecule has 1 fully saturated rings. The maximum Gasteiger partial charge on any atom is 0.306 e. The number of piperidine rings is 1. The van der Waals surface area contributed by atoms with Crippen molar-refractivity contribution in [2.75, 3.05) is 13.1 Å². The second-order valence-corrected chi connectivity index (χ2v) is 5.21. The molecule has 0 atom stereocenters. The number of carboxylic acids is 1. The van der Waals surface area contributed by atoms with E-state index in [0.29, 0.717) is 12.8 Å². The molecule has 0 radical (unpaired) electrons. The fourth-order valence-electron chi connectivity index (χ4n) is 2.37. The van der Waals surface area contributed by atoms with Crippen LogP contribution in [0, 0.1) is 16.0 Å². The number of nitrogens with zero attached hydrogens (tertiary/aromatic N) is 2. The van der Waals surface area contributed by atoms with Gasteiger partial charge in [0.1, 0.15) is 10.6 Å². The number of likely N-dealkylation sites (tertiary alicyclic amines) is 1. The van der Waals surface area contributed by atoms with Gasteiger partial charge in [-0.15, -0.1) is 0 Å². The molecule has 0 spiro atoms. The number of rotatable bonds is 3. The molecule has 1 aliphatic rings. The summed E-state index contributed by atoms with van der Waals surface area (Å²) in [5.74, 6) is -1.84. The van der Waals surface area contributed by atoms with Crippen LogP contribution in [0.4, 0.5) is 5.69 Å². The Labute approximate surface area is 125 Å². The monoisotopic (exact) mass is 312 g/mol. The van der Waals surface area contributed by atoms with E-state index in [1.165, 1.54) is 23.1 Å². The van der Waals surface area contributed by atoms with Crippen molar-refractivity contribution in [1.82, 2.24) is 4.90 Å². The fraction of sp³-hybridized carbons (Fsp3) is 0.385. The predicted octanol–water partition coefficient (Wildman–Crippen LogP) is 2.19. The Morgan fingerprint density at radius 1 is 1.33 bits per heavy atom. The third kappa shape index (κ3) is 3.13. The van der Waals surface area contributed by atoms with Crippen molar-refractivity contribution in [1.29, 1.82) is 0 Å². The van der Waals surface area contributed by atoms with Gasteiger partial charge in [-0.05, 0) is 25.0 Å². The van der Waals surface area contributed by atoms with Crippen LogP contribution >= 0.6 is 11.6 Å². The van der Waals surface area contributed by atoms with Crippen molar-refractivity contribution in [3.63, 3.8) is 0 Å². The van der Waals surface area contributed by atoms with E-state index in [0.717, 1.165) is 0 Å². The maximum atomic E-state index is 12.4. The summed E-state index contributed by atoms with van der Waals surface area (Å²) in [6.07, 6.45) is 0.685. The van der Waals surface area contributed by atoms with Gasteiger partial charge in [-0.3, -0.25) is 19.7 Å². The van der Waals surface area contributed by atoms with Crippen molar-refractivity contribution >= 4 is 29.2 Å². The number of hydrogen-bond donors (Lipinski definition) is 1. The molecule has 0 saturated carbocycles. The van der Waals surface area contributed by atoms with Crippen LogP contribution < -0.4 is 0 Å². The topological polar surface area (TPSA) is 101 Å². The summed E-state index contributed by atoms with van der Waals surface area (Å²) in [5, 5.41) is 19.9. The minimum absolute atomic E-state index is 0.0683. The first kappa shape index (κ1) is 15.2. The zero-order valence-corrected chi connectivity index (χ0v) is 11.7. The molecule has 21 heavy (non-hydrogen) atoms. The molecular weight excluding hydrogens is 300 g/mol. The van der Waals surface area contributed by atoms with Crippen LogP contribution in [0.15, 0.2) is 18.2 Å². The van der Waals surface area contributed by atoms with Gasteiger partial charge >= 0.3 is 11.7 Å². The first-order valence-electron chi connectivity index (χ1n) is 6.36. The molecule has 0 unspecified atom stereocenters. The number of carbonyl (C=O) groups excluding carboxylic acids is 1. The molecule has 1 N–H and O–H groups in total. The normalized spacial score (nSPS) is 15.8. The molecule has 112 valence electrons. The number of hydrogen-bond acceptors (Lipinski definition) is 4. The van der Waals surface area contributed by atoms with Gasteiger partial charge in [0.15, 0.2) is 0 Å². The lowest BCUT2D eigenvalue weighted by Gasteiger charge is -2.30. The number of aliphatic carboxylic acids is 1. The van der Waals surface area contributed by atoms with Gasteiger partial charge < -0.3 is 10.0 Å². The smallest absolute Gasteiger partial charge is 0.306 e. The Bertz CT molecular complexity index is 596. The van der Waals surface area contributed by atoms with Gasteiger partial charge in [-0.2, -0.15) is 0 Å². The molecule has 7 nitrogen and oxygen atoms in total. The van der Waals surface area contributed by atoms with Crippen LogP contribution in [0.2, 0.25) is 5.02 Å². The van der Waals surface area contributed by atoms with E-state index in [4.69, 9.17) is 16.7 Å². The first-order chi connectivity index (χ1) is 9.91. The summed E-state index contributed by atoms with van der Waals surface area (Å²) >= 11 is 5.78. The number of carbonyl (C=O) groups is 2. The molecule has 2 rings (SSSR count). The number of amides is 1. The van der Waals surface area contributed by atoms with E-state index in [1.54, 1.807) is 0 Å². The Kier molecular flexibility index (Phi) is 4.42. The summed E-state index contributed by atoms with van der Waals surface area (Å²) < 4.78 is 0. The summed E-state index contributed by atoms with van der Waals surface area (Å²) in [5.41, 5.74) is -0.481. The lowest BCUT2D eigenvalue weighted by molar-refractivity contribution is -0.385. The molecule has 1 aliphatic heterocycles. The Balaban J connectivity index is 2.20. The molecule has 1 aromatic rings. The number of nitro benzene ring substituents is 1. The van der Waals surface area contributed by atoms with Crippen LogP contribution in [-0.4, -0.2) is 39.9 Å². The quantitative estimate of drug-likeness (QED) is 0.681. The number of benzene rings is 1. The third-order valence-electron chi connectivity index (χ3n) is 3.53. The summed E-state index contributed by atoms with van der Waals surface area (Å²) in [6, 6.07) is 4.19. The van der Waals surface area contributed by atoms with Crippen molar-refractivity contribution in [2.24, 2.45) is 5.92 Å². The van der Waals surface area contributed by atoms with Crippen LogP contribution in [0.3, 0.4) is 0 Å². The summed E-state index contributed by atoms with van der Waals surface area (Å²) in [4.78, 5) is 35.0. The van der Waals surface area contributed by atoms with E-state index in [2.05, 4.69) is 0 Å². The largest absolute Gasteiger partial charge is 0.481 e. The summed E-state index contributed by atoms with van der Waals surface area (Å²) in [6.45, 7) is 0.527. The van der Waals surface area contributed by atoms with Crippen molar-refractivity contribution < 1.29 is 19.6 Å². The van der Waals surface area contributed by atoms with E-state index in [-0.39, 0.29) is 23.7 Å². The average molecular weight is 313 g/mol. The van der Waals surface area contributed by atoms with Crippen molar-refractivity contribution in [2.45, 2.75) is 12.8 Å². The van der Waals surface area contributed by atoms with Gasteiger partial charge in [0, 0.05) is 13.1 Å². The Hall–Kier alpha value is -2.15. The maximum absolute atomic E-state index is 12.4. The van der Waals surface area contributed by atoms with Crippen molar-refractivity contribution in [3.8, 4) is 0 Å². The standard InChI is InChI=1S/C13H13ClN2O5/c14-10-3-1-2-9(11(10)16(20)21)12(17)15-6-4-8(5-7-15)13(18)19/h1-3,8H,4-7H2,(H,18,19). The van der Waals surface area contributed by atoms with Gasteiger partial charge in [0.05, 0.1) is 10.8 Å². The highest BCUT2D eigenvalue weighted by Gasteiger charge is 2.31. The zero-order valence-electron chi connectivity index (χ0n) is 11.0. The van der Waals surface area contributed by atoms with Crippen LogP contribution in [0.5, 0.6) is 0 Å². The highest BCUT2D eigenvalue weighted by Crippen LogP contribution is 2.30. The molecule has 1 aromatic carbocycles. The SMILES string of the molecule is O=C(O)C1CCN(C(=O)c2cccc(Cl)c2[N+](=O)[O-])CC1. The lowest BCUT2D eigenvalue weighted by atomic mass is 9.96. The van der Waals surface area contributed by atoms with Crippen LogP contribution in [0.25, 0.3) is 0 Å². The average Bonchev–Trinajstić information content (AvgIpc) is 2.46. The molecule has 1 amide bonds. The molecule has 0 aliphatic carbocycles. The number of carboxylic acid groups (broad SMARTS) is 1. The number of nitro groups is 1. The highest BCUT2D eigenvalue weighted by atomic mass is 35.5. The van der Waals surface area contributed by atoms with Gasteiger partial charge in [0.2, 0.25) is 0 Å². The van der Waals surface area contributed by atoms with Gasteiger partial charge in [-0.1, -0.05) is 17.7 Å². The van der Waals surface area contributed by atoms with E-state index in [1.807, 2.05) is 0 Å². The third-order valence-corrected chi connectivity index (χ3v) is 3.84. The molecule has 1 saturated heterocycles. The molecule has 8 heteroatoms. The molecular formula is C13H13ClN2O5. The van der Waals surface area contributed by atoms with E-state index >= 15 is 0 Å². The number of halogens is 1. The molecule has 0 bridgehead atoms. The fourth-order valence-corrected chi connectivity index (χ4v) is 2.62. The first-order valence-corrected chi connectivity index (χ1v) is 6.74. The Morgan fingerprint density at radius 2 is 1.95 bits per heavy atom. The van der Waals surface area contributed by atoms with Crippen LogP contribution in [0.1, 0.15) is 23.2 Å². The minimum atomic E-state index is -0.879. The van der Waals surface area contributed by atoms with E-state index in [9.17, 15) is 19.7 Å². The summed E-state index contributed by atoms with van der Waals surface area (Å²) in [7, 11) is 0. The van der Waals surface area contributed by atoms with Gasteiger partial charge in [-0.25, -0.2) is 0 Å². The van der Waals surface area contributed by atoms with E-state index < -0.39 is 28.4 Å². The second-order valence-electron chi connectivity index (χ2n) is 4.80. The predicted molar refractivity (Wildman–Crippen MR) is 74.4 cm³/mol. The zero-order chi connectivity index (χ0) is 15.6. The molecule has 0 aromatic heterocycles. The Morgan fingerprint density at radius 3 is 2.48 bits per heavy atom.